The number of benzene rings is 2. The first kappa shape index (κ1) is 13.6. The molecular formula is C18H18N2O. The molecule has 0 aliphatic rings. The van der Waals surface area contributed by atoms with Gasteiger partial charge in [0.2, 0.25) is 0 Å². The van der Waals surface area contributed by atoms with E-state index in [9.17, 15) is 0 Å². The van der Waals surface area contributed by atoms with Crippen LogP contribution in [0.5, 0.6) is 5.75 Å². The van der Waals surface area contributed by atoms with Crippen molar-refractivity contribution >= 4 is 10.8 Å². The molecule has 106 valence electrons. The Morgan fingerprint density at radius 2 is 1.95 bits per heavy atom. The van der Waals surface area contributed by atoms with Gasteiger partial charge >= 0.3 is 0 Å². The van der Waals surface area contributed by atoms with E-state index in [-0.39, 0.29) is 6.04 Å². The fourth-order valence-corrected chi connectivity index (χ4v) is 2.51. The lowest BCUT2D eigenvalue weighted by atomic mass is 9.99. The highest BCUT2D eigenvalue weighted by atomic mass is 16.5. The van der Waals surface area contributed by atoms with E-state index in [1.807, 2.05) is 55.6 Å². The number of fused-ring (bicyclic) bond motifs is 1. The van der Waals surface area contributed by atoms with Crippen molar-refractivity contribution < 1.29 is 4.74 Å². The molecule has 21 heavy (non-hydrogen) atoms. The molecular weight excluding hydrogens is 260 g/mol. The summed E-state index contributed by atoms with van der Waals surface area (Å²) in [7, 11) is 0. The van der Waals surface area contributed by atoms with E-state index in [1.54, 1.807) is 0 Å². The molecule has 2 aromatic carbocycles. The molecule has 2 N–H and O–H groups in total. The molecule has 1 heterocycles. The van der Waals surface area contributed by atoms with E-state index in [2.05, 4.69) is 17.1 Å². The fourth-order valence-electron chi connectivity index (χ4n) is 2.51. The van der Waals surface area contributed by atoms with Crippen molar-refractivity contribution in [1.82, 2.24) is 4.98 Å². The molecule has 0 aliphatic heterocycles. The highest BCUT2D eigenvalue weighted by Crippen LogP contribution is 2.27. The van der Waals surface area contributed by atoms with Gasteiger partial charge in [-0.3, -0.25) is 4.98 Å². The first-order chi connectivity index (χ1) is 10.3. The summed E-state index contributed by atoms with van der Waals surface area (Å²) in [5.74, 6) is 0.839. The third kappa shape index (κ3) is 2.73. The van der Waals surface area contributed by atoms with Crippen LogP contribution in [-0.2, 0) is 0 Å². The maximum atomic E-state index is 6.43. The fraction of sp³-hybridized carbons (Fsp3) is 0.167. The number of nitrogens with zero attached hydrogens (tertiary/aromatic N) is 1. The number of ether oxygens (including phenoxy) is 1. The van der Waals surface area contributed by atoms with Crippen molar-refractivity contribution in [3.8, 4) is 5.75 Å². The molecule has 3 heteroatoms. The number of aromatic nitrogens is 1. The molecule has 0 aliphatic carbocycles. The molecule has 1 unspecified atom stereocenters. The maximum absolute atomic E-state index is 6.43. The summed E-state index contributed by atoms with van der Waals surface area (Å²) in [6.45, 7) is 2.62. The van der Waals surface area contributed by atoms with E-state index < -0.39 is 0 Å². The zero-order valence-electron chi connectivity index (χ0n) is 12.0. The lowest BCUT2D eigenvalue weighted by molar-refractivity contribution is 0.340. The van der Waals surface area contributed by atoms with Gasteiger partial charge in [0.1, 0.15) is 5.75 Å². The second kappa shape index (κ2) is 5.94. The summed E-state index contributed by atoms with van der Waals surface area (Å²) in [4.78, 5) is 4.49. The standard InChI is InChI=1S/C18H18N2O/c1-2-21-15-8-5-7-14(12-15)17(19)18-16-9-4-3-6-13(16)10-11-20-18/h3-12,17H,2,19H2,1H3. The van der Waals surface area contributed by atoms with Crippen molar-refractivity contribution in [3.05, 3.63) is 72.1 Å². The third-order valence-corrected chi connectivity index (χ3v) is 3.53. The zero-order valence-corrected chi connectivity index (χ0v) is 12.0. The average molecular weight is 278 g/mol. The van der Waals surface area contributed by atoms with Crippen molar-refractivity contribution in [2.24, 2.45) is 5.73 Å². The molecule has 0 saturated carbocycles. The number of hydrogen-bond acceptors (Lipinski definition) is 3. The Kier molecular flexibility index (Phi) is 3.84. The molecule has 0 radical (unpaired) electrons. The molecule has 1 aromatic heterocycles. The van der Waals surface area contributed by atoms with Crippen LogP contribution in [0.2, 0.25) is 0 Å². The van der Waals surface area contributed by atoms with Crippen LogP contribution in [0.4, 0.5) is 0 Å². The molecule has 0 bridgehead atoms. The zero-order chi connectivity index (χ0) is 14.7. The first-order valence-corrected chi connectivity index (χ1v) is 7.11. The van der Waals surface area contributed by atoms with Crippen LogP contribution < -0.4 is 10.5 Å². The SMILES string of the molecule is CCOc1cccc(C(N)c2nccc3ccccc23)c1. The molecule has 3 rings (SSSR count). The van der Waals surface area contributed by atoms with E-state index in [1.165, 1.54) is 0 Å². The minimum Gasteiger partial charge on any atom is -0.494 e. The van der Waals surface area contributed by atoms with Crippen LogP contribution in [0.15, 0.2) is 60.8 Å². The van der Waals surface area contributed by atoms with Crippen molar-refractivity contribution in [1.29, 1.82) is 0 Å². The second-order valence-electron chi connectivity index (χ2n) is 4.90. The van der Waals surface area contributed by atoms with Gasteiger partial charge in [-0.25, -0.2) is 0 Å². The molecule has 3 nitrogen and oxygen atoms in total. The normalized spacial score (nSPS) is 12.3. The maximum Gasteiger partial charge on any atom is 0.119 e. The number of rotatable bonds is 4. The predicted octanol–water partition coefficient (Wildman–Crippen LogP) is 3.68. The Labute approximate surface area is 124 Å². The van der Waals surface area contributed by atoms with Gasteiger partial charge in [0.15, 0.2) is 0 Å². The highest BCUT2D eigenvalue weighted by molar-refractivity contribution is 5.85. The number of hydrogen-bond donors (Lipinski definition) is 1. The van der Waals surface area contributed by atoms with Crippen LogP contribution in [0, 0.1) is 0 Å². The van der Waals surface area contributed by atoms with E-state index in [0.717, 1.165) is 27.8 Å². The van der Waals surface area contributed by atoms with Gasteiger partial charge in [-0.05, 0) is 36.1 Å². The van der Waals surface area contributed by atoms with Crippen molar-refractivity contribution in [2.45, 2.75) is 13.0 Å². The topological polar surface area (TPSA) is 48.1 Å². The van der Waals surface area contributed by atoms with Crippen molar-refractivity contribution in [2.75, 3.05) is 6.61 Å². The van der Waals surface area contributed by atoms with Gasteiger partial charge in [-0.2, -0.15) is 0 Å². The van der Waals surface area contributed by atoms with Crippen LogP contribution in [0.3, 0.4) is 0 Å². The van der Waals surface area contributed by atoms with E-state index >= 15 is 0 Å². The quantitative estimate of drug-likeness (QED) is 0.792. The first-order valence-electron chi connectivity index (χ1n) is 7.11. The largest absolute Gasteiger partial charge is 0.494 e. The predicted molar refractivity (Wildman–Crippen MR) is 85.4 cm³/mol. The summed E-state index contributed by atoms with van der Waals surface area (Å²) in [5.41, 5.74) is 8.32. The minimum absolute atomic E-state index is 0.267. The van der Waals surface area contributed by atoms with Gasteiger partial charge in [0.25, 0.3) is 0 Å². The summed E-state index contributed by atoms with van der Waals surface area (Å²) in [6, 6.07) is 17.8. The highest BCUT2D eigenvalue weighted by Gasteiger charge is 2.14. The van der Waals surface area contributed by atoms with Gasteiger partial charge < -0.3 is 10.5 Å². The van der Waals surface area contributed by atoms with Gasteiger partial charge in [0.05, 0.1) is 18.3 Å². The van der Waals surface area contributed by atoms with Gasteiger partial charge in [-0.1, -0.05) is 36.4 Å². The van der Waals surface area contributed by atoms with Gasteiger partial charge in [0, 0.05) is 11.6 Å². The Balaban J connectivity index is 2.04. The smallest absolute Gasteiger partial charge is 0.119 e. The van der Waals surface area contributed by atoms with Crippen LogP contribution >= 0.6 is 0 Å². The monoisotopic (exact) mass is 278 g/mol. The Bertz CT molecular complexity index is 750. The van der Waals surface area contributed by atoms with Gasteiger partial charge in [-0.15, -0.1) is 0 Å². The summed E-state index contributed by atoms with van der Waals surface area (Å²) < 4.78 is 5.54. The van der Waals surface area contributed by atoms with Crippen molar-refractivity contribution in [3.63, 3.8) is 0 Å². The molecule has 0 spiro atoms. The molecule has 1 atom stereocenters. The summed E-state index contributed by atoms with van der Waals surface area (Å²) in [5, 5.41) is 2.24. The lowest BCUT2D eigenvalue weighted by Gasteiger charge is -2.15. The Hall–Kier alpha value is -2.39. The van der Waals surface area contributed by atoms with Crippen LogP contribution in [-0.4, -0.2) is 11.6 Å². The molecule has 0 saturated heterocycles. The van der Waals surface area contributed by atoms with E-state index in [4.69, 9.17) is 10.5 Å². The lowest BCUT2D eigenvalue weighted by Crippen LogP contribution is -2.14. The number of nitrogens with two attached hydrogens (primary N) is 1. The van der Waals surface area contributed by atoms with E-state index in [0.29, 0.717) is 6.61 Å². The van der Waals surface area contributed by atoms with Crippen LogP contribution in [0.25, 0.3) is 10.8 Å². The molecule has 0 fully saturated rings. The molecule has 0 amide bonds. The second-order valence-corrected chi connectivity index (χ2v) is 4.90. The van der Waals surface area contributed by atoms with Crippen LogP contribution in [0.1, 0.15) is 24.2 Å². The Morgan fingerprint density at radius 3 is 2.81 bits per heavy atom. The average Bonchev–Trinajstić information content (AvgIpc) is 2.54. The summed E-state index contributed by atoms with van der Waals surface area (Å²) >= 11 is 0. The summed E-state index contributed by atoms with van der Waals surface area (Å²) in [6.07, 6.45) is 1.81. The molecule has 3 aromatic rings. The Morgan fingerprint density at radius 1 is 1.10 bits per heavy atom. The third-order valence-electron chi connectivity index (χ3n) is 3.53. The minimum atomic E-state index is -0.267. The number of pyridine rings is 1.